The molecule has 0 heterocycles. The molecule has 0 amide bonds. The van der Waals surface area contributed by atoms with Crippen LogP contribution in [0.15, 0.2) is 160 Å². The van der Waals surface area contributed by atoms with Crippen molar-refractivity contribution in [2.45, 2.75) is 5.41 Å². The molecule has 0 saturated carbocycles. The first-order valence-electron chi connectivity index (χ1n) is 20.7. The maximum Gasteiger partial charge on any atom is 0.330 e. The molecule has 0 unspecified atom stereocenters. The van der Waals surface area contributed by atoms with Crippen molar-refractivity contribution in [3.05, 3.63) is 182 Å². The largest absolute Gasteiger partial charge is 0.490 e. The van der Waals surface area contributed by atoms with Crippen molar-refractivity contribution >= 4 is 45.4 Å². The Kier molecular flexibility index (Phi) is 14.4. The lowest BCUT2D eigenvalue weighted by Crippen LogP contribution is -2.28. The molecular weight excluding hydrogens is 829 g/mol. The van der Waals surface area contributed by atoms with Gasteiger partial charge in [-0.3, -0.25) is 0 Å². The maximum absolute atomic E-state index is 11.6. The smallest absolute Gasteiger partial charge is 0.330 e. The third kappa shape index (κ3) is 10.2. The van der Waals surface area contributed by atoms with E-state index in [0.29, 0.717) is 23.0 Å². The number of hydrogen-bond donors (Lipinski definition) is 0. The molecule has 65 heavy (non-hydrogen) atoms. The van der Waals surface area contributed by atoms with Gasteiger partial charge >= 0.3 is 23.9 Å². The van der Waals surface area contributed by atoms with Gasteiger partial charge in [0.15, 0.2) is 0 Å². The molecule has 12 nitrogen and oxygen atoms in total. The average Bonchev–Trinajstić information content (AvgIpc) is 3.61. The molecule has 6 aromatic rings. The Labute approximate surface area is 375 Å². The third-order valence-electron chi connectivity index (χ3n) is 10.6. The summed E-state index contributed by atoms with van der Waals surface area (Å²) in [6.45, 7) is 14.6. The van der Waals surface area contributed by atoms with E-state index < -0.39 is 29.3 Å². The molecule has 12 heteroatoms. The molecule has 0 aliphatic heterocycles. The summed E-state index contributed by atoms with van der Waals surface area (Å²) in [6, 6.07) is 36.3. The van der Waals surface area contributed by atoms with Gasteiger partial charge < -0.3 is 37.9 Å². The predicted octanol–water partition coefficient (Wildman–Crippen LogP) is 8.79. The molecule has 330 valence electrons. The Hall–Kier alpha value is -8.12. The van der Waals surface area contributed by atoms with Crippen LogP contribution in [0.2, 0.25) is 0 Å². The zero-order chi connectivity index (χ0) is 45.8. The average molecular weight is 875 g/mol. The Bertz CT molecular complexity index is 2580. The number of rotatable bonds is 22. The van der Waals surface area contributed by atoms with Crippen molar-refractivity contribution in [1.82, 2.24) is 0 Å². The second-order valence-electron chi connectivity index (χ2n) is 14.5. The molecule has 1 aliphatic rings. The highest BCUT2D eigenvalue weighted by molar-refractivity contribution is 6.00. The van der Waals surface area contributed by atoms with Crippen LogP contribution in [0.5, 0.6) is 23.0 Å². The van der Waals surface area contributed by atoms with Gasteiger partial charge in [0.2, 0.25) is 0 Å². The number of benzene rings is 6. The van der Waals surface area contributed by atoms with Gasteiger partial charge in [0.1, 0.15) is 75.9 Å². The molecule has 0 saturated heterocycles. The molecule has 0 bridgehead atoms. The van der Waals surface area contributed by atoms with Gasteiger partial charge in [0.25, 0.3) is 0 Å². The third-order valence-corrected chi connectivity index (χ3v) is 10.6. The number of fused-ring (bicyclic) bond motifs is 5. The van der Waals surface area contributed by atoms with Gasteiger partial charge in [-0.15, -0.1) is 0 Å². The Balaban J connectivity index is 1.35. The molecule has 1 aliphatic carbocycles. The number of carbonyl (C=O) groups excluding carboxylic acids is 4. The Morgan fingerprint density at radius 2 is 0.677 bits per heavy atom. The fourth-order valence-corrected chi connectivity index (χ4v) is 7.78. The lowest BCUT2D eigenvalue weighted by molar-refractivity contribution is -0.139. The van der Waals surface area contributed by atoms with Crippen LogP contribution in [0.3, 0.4) is 0 Å². The zero-order valence-corrected chi connectivity index (χ0v) is 35.6. The highest BCUT2D eigenvalue weighted by atomic mass is 16.6. The molecule has 0 radical (unpaired) electrons. The first-order chi connectivity index (χ1) is 31.7. The van der Waals surface area contributed by atoms with Gasteiger partial charge in [0, 0.05) is 24.3 Å². The molecule has 6 aromatic carbocycles. The van der Waals surface area contributed by atoms with E-state index in [2.05, 4.69) is 50.6 Å². The predicted molar refractivity (Wildman–Crippen MR) is 245 cm³/mol. The van der Waals surface area contributed by atoms with E-state index in [1.165, 1.54) is 0 Å². The maximum atomic E-state index is 11.6. The van der Waals surface area contributed by atoms with E-state index >= 15 is 0 Å². The van der Waals surface area contributed by atoms with Crippen molar-refractivity contribution in [3.8, 4) is 34.1 Å². The minimum absolute atomic E-state index is 0.0631. The van der Waals surface area contributed by atoms with Crippen molar-refractivity contribution in [2.24, 2.45) is 0 Å². The molecule has 0 aromatic heterocycles. The molecular formula is C53H46O12. The summed E-state index contributed by atoms with van der Waals surface area (Å²) in [5.41, 5.74) is 5.05. The second kappa shape index (κ2) is 20.8. The highest BCUT2D eigenvalue weighted by Gasteiger charge is 2.46. The van der Waals surface area contributed by atoms with Crippen LogP contribution in [0.25, 0.3) is 32.7 Å². The second-order valence-corrected chi connectivity index (χ2v) is 14.5. The van der Waals surface area contributed by atoms with Crippen molar-refractivity contribution in [2.75, 3.05) is 52.9 Å². The van der Waals surface area contributed by atoms with Crippen LogP contribution < -0.4 is 18.9 Å². The number of carbonyl (C=O) groups is 4. The number of esters is 4. The van der Waals surface area contributed by atoms with Crippen LogP contribution in [-0.4, -0.2) is 76.7 Å². The van der Waals surface area contributed by atoms with Gasteiger partial charge in [-0.05, 0) is 128 Å². The summed E-state index contributed by atoms with van der Waals surface area (Å²) in [6.07, 6.45) is 4.43. The molecule has 7 rings (SSSR count). The van der Waals surface area contributed by atoms with Gasteiger partial charge in [-0.1, -0.05) is 62.7 Å². The van der Waals surface area contributed by atoms with Gasteiger partial charge in [-0.2, -0.15) is 0 Å². The SMILES string of the molecule is C=CC(=O)OCCOc1ccc(C2(c3ccc(OCCOC(=O)C=C)cc3)c3cc4ccc(OCCOC(=O)C=C)cc4cc3-c3cc4cc(OCCOC(=O)C=C)ccc4cc32)cc1. The van der Waals surface area contributed by atoms with Crippen molar-refractivity contribution < 1.29 is 57.1 Å². The lowest BCUT2D eigenvalue weighted by Gasteiger charge is -2.34. The van der Waals surface area contributed by atoms with E-state index in [-0.39, 0.29) is 52.9 Å². The van der Waals surface area contributed by atoms with E-state index in [1.54, 1.807) is 0 Å². The molecule has 0 fully saturated rings. The summed E-state index contributed by atoms with van der Waals surface area (Å²) < 4.78 is 44.4. The Morgan fingerprint density at radius 3 is 1.00 bits per heavy atom. The molecule has 0 spiro atoms. The quantitative estimate of drug-likeness (QED) is 0.0278. The number of ether oxygens (including phenoxy) is 8. The first kappa shape index (κ1) is 44.9. The molecule has 0 atom stereocenters. The summed E-state index contributed by atoms with van der Waals surface area (Å²) in [5.74, 6) is 0.313. The van der Waals surface area contributed by atoms with Crippen LogP contribution >= 0.6 is 0 Å². The summed E-state index contributed by atoms with van der Waals surface area (Å²) >= 11 is 0. The van der Waals surface area contributed by atoms with Crippen molar-refractivity contribution in [3.63, 3.8) is 0 Å². The van der Waals surface area contributed by atoms with Gasteiger partial charge in [-0.25, -0.2) is 19.2 Å². The fraction of sp³-hybridized carbons (Fsp3) is 0.170. The zero-order valence-electron chi connectivity index (χ0n) is 35.6. The Morgan fingerprint density at radius 1 is 0.369 bits per heavy atom. The number of hydrogen-bond acceptors (Lipinski definition) is 12. The summed E-state index contributed by atoms with van der Waals surface area (Å²) in [4.78, 5) is 46.4. The minimum Gasteiger partial charge on any atom is -0.490 e. The van der Waals surface area contributed by atoms with E-state index in [4.69, 9.17) is 37.9 Å². The van der Waals surface area contributed by atoms with Crippen LogP contribution in [0, 0.1) is 0 Å². The van der Waals surface area contributed by atoms with Crippen molar-refractivity contribution in [1.29, 1.82) is 0 Å². The summed E-state index contributed by atoms with van der Waals surface area (Å²) in [7, 11) is 0. The van der Waals surface area contributed by atoms with Crippen LogP contribution in [-0.2, 0) is 43.5 Å². The van der Waals surface area contributed by atoms with E-state index in [1.807, 2.05) is 84.9 Å². The van der Waals surface area contributed by atoms with E-state index in [0.717, 1.165) is 79.2 Å². The summed E-state index contributed by atoms with van der Waals surface area (Å²) in [5, 5.41) is 3.79. The van der Waals surface area contributed by atoms with E-state index in [9.17, 15) is 19.2 Å². The standard InChI is InChI=1S/C53H46O12/c1-5-49(54)62-25-21-58-41-17-11-39(12-18-41)53(40-13-19-42(20-14-40)59-22-26-63-50(55)6-2)47-33-35-9-15-43(60-23-27-64-51(56)7-3)29-37(35)31-45(47)46-32-38-30-44(16-10-36(38)34-48(46)53)61-24-28-65-52(57)8-4/h5-20,29-34H,1-4,21-28H2. The molecule has 0 N–H and O–H groups in total. The van der Waals surface area contributed by atoms with Crippen LogP contribution in [0.1, 0.15) is 22.3 Å². The highest BCUT2D eigenvalue weighted by Crippen LogP contribution is 2.58. The fourth-order valence-electron chi connectivity index (χ4n) is 7.78. The lowest BCUT2D eigenvalue weighted by atomic mass is 9.67. The van der Waals surface area contributed by atoms with Gasteiger partial charge in [0.05, 0.1) is 5.41 Å². The monoisotopic (exact) mass is 874 g/mol. The topological polar surface area (TPSA) is 142 Å². The first-order valence-corrected chi connectivity index (χ1v) is 20.7. The normalized spacial score (nSPS) is 11.9. The van der Waals surface area contributed by atoms with Crippen LogP contribution in [0.4, 0.5) is 0 Å². The minimum atomic E-state index is -0.877.